The Balaban J connectivity index is 2.68. The average Bonchev–Trinajstić information content (AvgIpc) is 2.49. The molecular weight excluding hydrogens is 154 g/mol. The summed E-state index contributed by atoms with van der Waals surface area (Å²) in [5.41, 5.74) is -0.174. The van der Waals surface area contributed by atoms with E-state index in [4.69, 9.17) is 11.7 Å². The number of carbonyl (C=O) groups is 1. The third-order valence-electron chi connectivity index (χ3n) is 2.54. The second kappa shape index (κ2) is 2.63. The Morgan fingerprint density at radius 2 is 2.25 bits per heavy atom. The van der Waals surface area contributed by atoms with E-state index < -0.39 is 5.97 Å². The Morgan fingerprint density at radius 1 is 1.67 bits per heavy atom. The smallest absolute Gasteiger partial charge is 0.307 e. The van der Waals surface area contributed by atoms with Gasteiger partial charge >= 0.3 is 5.97 Å². The fraction of sp³-hybridized carbons (Fsp3) is 0.556. The van der Waals surface area contributed by atoms with Gasteiger partial charge in [0.2, 0.25) is 0 Å². The van der Waals surface area contributed by atoms with Gasteiger partial charge in [0.25, 0.3) is 0 Å². The molecule has 0 bridgehead atoms. The molecule has 0 aromatic carbocycles. The number of allylic oxidation sites excluding steroid dienone is 1. The van der Waals surface area contributed by atoms with E-state index in [1.54, 1.807) is 6.08 Å². The molecule has 2 unspecified atom stereocenters. The zero-order chi connectivity index (χ0) is 9.35. The van der Waals surface area contributed by atoms with Crippen LogP contribution < -0.4 is 0 Å². The number of hydrogen-bond acceptors (Lipinski definition) is 1. The van der Waals surface area contributed by atoms with Crippen molar-refractivity contribution in [1.82, 2.24) is 0 Å². The summed E-state index contributed by atoms with van der Waals surface area (Å²) in [6.45, 7) is 10.3. The number of nitrogens with zero attached hydrogens (tertiary/aromatic N) is 1. The van der Waals surface area contributed by atoms with E-state index in [0.717, 1.165) is 0 Å². The molecule has 64 valence electrons. The molecule has 1 rings (SSSR count). The Kier molecular flexibility index (Phi) is 1.93. The summed E-state index contributed by atoms with van der Waals surface area (Å²) in [6, 6.07) is 0. The highest BCUT2D eigenvalue weighted by Gasteiger charge is 2.60. The van der Waals surface area contributed by atoms with E-state index in [1.165, 1.54) is 6.20 Å². The second-order valence-electron chi connectivity index (χ2n) is 3.63. The molecular formula is C9H11NO2. The number of rotatable bonds is 2. The highest BCUT2D eigenvalue weighted by molar-refractivity contribution is 5.76. The molecule has 1 fully saturated rings. The standard InChI is InChI=1S/C9H11NO2/c1-9(2)6(4-5-10-3)7(9)8(11)12/h4-7H,1-2H3,(H,11,12)/b5-4-. The Morgan fingerprint density at radius 3 is 2.58 bits per heavy atom. The van der Waals surface area contributed by atoms with Crippen LogP contribution in [0.25, 0.3) is 4.85 Å². The predicted octanol–water partition coefficient (Wildman–Crippen LogP) is 1.78. The van der Waals surface area contributed by atoms with Crippen LogP contribution in [0.3, 0.4) is 0 Å². The fourth-order valence-corrected chi connectivity index (χ4v) is 1.64. The van der Waals surface area contributed by atoms with E-state index in [2.05, 4.69) is 4.85 Å². The highest BCUT2D eigenvalue weighted by Crippen LogP contribution is 2.58. The quantitative estimate of drug-likeness (QED) is 0.633. The van der Waals surface area contributed by atoms with Gasteiger partial charge in [0, 0.05) is 0 Å². The number of carboxylic acids is 1. The summed E-state index contributed by atoms with van der Waals surface area (Å²) < 4.78 is 0. The summed E-state index contributed by atoms with van der Waals surface area (Å²) in [5.74, 6) is -1.04. The van der Waals surface area contributed by atoms with Gasteiger partial charge in [0.05, 0.1) is 12.5 Å². The zero-order valence-electron chi connectivity index (χ0n) is 7.11. The van der Waals surface area contributed by atoms with Crippen molar-refractivity contribution in [1.29, 1.82) is 0 Å². The normalized spacial score (nSPS) is 31.4. The van der Waals surface area contributed by atoms with Gasteiger partial charge in [0.1, 0.15) is 0 Å². The van der Waals surface area contributed by atoms with Gasteiger partial charge in [-0.25, -0.2) is 4.85 Å². The monoisotopic (exact) mass is 165 g/mol. The SMILES string of the molecule is [C-]#[N+]/C=C\C1C(C(=O)O)C1(C)C. The van der Waals surface area contributed by atoms with Gasteiger partial charge in [-0.2, -0.15) is 0 Å². The van der Waals surface area contributed by atoms with Crippen molar-refractivity contribution in [3.8, 4) is 0 Å². The minimum absolute atomic E-state index is 0.0316. The van der Waals surface area contributed by atoms with Gasteiger partial charge in [-0.3, -0.25) is 4.79 Å². The molecule has 0 saturated heterocycles. The number of carboxylic acid groups (broad SMARTS) is 1. The van der Waals surface area contributed by atoms with Gasteiger partial charge in [0.15, 0.2) is 6.20 Å². The maximum absolute atomic E-state index is 10.6. The molecule has 3 heteroatoms. The molecule has 0 heterocycles. The van der Waals surface area contributed by atoms with Crippen molar-refractivity contribution < 1.29 is 9.90 Å². The third-order valence-corrected chi connectivity index (χ3v) is 2.54. The third kappa shape index (κ3) is 1.20. The summed E-state index contributed by atoms with van der Waals surface area (Å²) >= 11 is 0. The maximum Gasteiger partial charge on any atom is 0.307 e. The van der Waals surface area contributed by atoms with E-state index >= 15 is 0 Å². The molecule has 0 aromatic rings. The first-order valence-electron chi connectivity index (χ1n) is 3.78. The van der Waals surface area contributed by atoms with Crippen molar-refractivity contribution in [3.63, 3.8) is 0 Å². The lowest BCUT2D eigenvalue weighted by molar-refractivity contribution is -0.139. The van der Waals surface area contributed by atoms with Crippen LogP contribution in [-0.2, 0) is 4.79 Å². The van der Waals surface area contributed by atoms with Crippen LogP contribution >= 0.6 is 0 Å². The molecule has 0 radical (unpaired) electrons. The molecule has 12 heavy (non-hydrogen) atoms. The summed E-state index contributed by atoms with van der Waals surface area (Å²) in [4.78, 5) is 13.7. The van der Waals surface area contributed by atoms with Crippen LogP contribution in [0.1, 0.15) is 13.8 Å². The largest absolute Gasteiger partial charge is 0.481 e. The molecule has 3 nitrogen and oxygen atoms in total. The molecule has 1 N–H and O–H groups in total. The van der Waals surface area contributed by atoms with Crippen LogP contribution in [0.15, 0.2) is 12.3 Å². The Hall–Kier alpha value is -1.30. The molecule has 0 amide bonds. The van der Waals surface area contributed by atoms with E-state index in [0.29, 0.717) is 0 Å². The minimum atomic E-state index is -0.764. The van der Waals surface area contributed by atoms with E-state index in [9.17, 15) is 4.79 Å². The minimum Gasteiger partial charge on any atom is -0.481 e. The molecule has 1 saturated carbocycles. The molecule has 0 aliphatic heterocycles. The first-order chi connectivity index (χ1) is 5.51. The molecule has 1 aliphatic carbocycles. The molecule has 1 aliphatic rings. The van der Waals surface area contributed by atoms with Crippen molar-refractivity contribution >= 4 is 5.97 Å². The molecule has 0 aromatic heterocycles. The van der Waals surface area contributed by atoms with E-state index in [1.807, 2.05) is 13.8 Å². The summed E-state index contributed by atoms with van der Waals surface area (Å²) in [6.07, 6.45) is 3.03. The second-order valence-corrected chi connectivity index (χ2v) is 3.63. The van der Waals surface area contributed by atoms with Gasteiger partial charge in [-0.15, -0.1) is 0 Å². The van der Waals surface area contributed by atoms with Crippen LogP contribution in [0.5, 0.6) is 0 Å². The van der Waals surface area contributed by atoms with E-state index in [-0.39, 0.29) is 17.3 Å². The first-order valence-corrected chi connectivity index (χ1v) is 3.78. The average molecular weight is 165 g/mol. The highest BCUT2D eigenvalue weighted by atomic mass is 16.4. The number of hydrogen-bond donors (Lipinski definition) is 1. The lowest BCUT2D eigenvalue weighted by Gasteiger charge is -1.95. The fourth-order valence-electron chi connectivity index (χ4n) is 1.64. The lowest BCUT2D eigenvalue weighted by Crippen LogP contribution is -2.02. The van der Waals surface area contributed by atoms with Crippen molar-refractivity contribution in [2.24, 2.45) is 17.3 Å². The predicted molar refractivity (Wildman–Crippen MR) is 44.1 cm³/mol. The summed E-state index contributed by atoms with van der Waals surface area (Å²) in [7, 11) is 0. The zero-order valence-corrected chi connectivity index (χ0v) is 7.11. The van der Waals surface area contributed by atoms with Gasteiger partial charge in [-0.1, -0.05) is 19.9 Å². The topological polar surface area (TPSA) is 41.7 Å². The van der Waals surface area contributed by atoms with Gasteiger partial charge < -0.3 is 5.11 Å². The summed E-state index contributed by atoms with van der Waals surface area (Å²) in [5, 5.41) is 8.75. The van der Waals surface area contributed by atoms with Crippen molar-refractivity contribution in [2.45, 2.75) is 13.8 Å². The van der Waals surface area contributed by atoms with Crippen LogP contribution in [0.2, 0.25) is 0 Å². The lowest BCUT2D eigenvalue weighted by atomic mass is 10.1. The maximum atomic E-state index is 10.6. The Bertz CT molecular complexity index is 273. The molecule has 2 atom stereocenters. The van der Waals surface area contributed by atoms with Crippen LogP contribution in [0.4, 0.5) is 0 Å². The van der Waals surface area contributed by atoms with Crippen LogP contribution in [0, 0.1) is 23.8 Å². The molecule has 0 spiro atoms. The number of aliphatic carboxylic acids is 1. The Labute approximate surface area is 71.5 Å². The van der Waals surface area contributed by atoms with Crippen molar-refractivity contribution in [2.75, 3.05) is 0 Å². The first kappa shape index (κ1) is 8.79. The van der Waals surface area contributed by atoms with Gasteiger partial charge in [-0.05, 0) is 11.3 Å². The van der Waals surface area contributed by atoms with Crippen LogP contribution in [-0.4, -0.2) is 11.1 Å². The van der Waals surface area contributed by atoms with Crippen molar-refractivity contribution in [3.05, 3.63) is 23.7 Å².